The van der Waals surface area contributed by atoms with E-state index in [1.54, 1.807) is 0 Å². The highest BCUT2D eigenvalue weighted by Gasteiger charge is 2.75. The second-order valence-corrected chi connectivity index (χ2v) is 22.7. The summed E-state index contributed by atoms with van der Waals surface area (Å²) in [6, 6.07) is 13.2. The Hall–Kier alpha value is -9.82. The lowest BCUT2D eigenvalue weighted by atomic mass is 9.92. The van der Waals surface area contributed by atoms with Crippen LogP contribution in [0.4, 0.5) is 140 Å². The third-order valence-electron chi connectivity index (χ3n) is 13.6. The maximum absolute atomic E-state index is 15.3. The van der Waals surface area contributed by atoms with Crippen molar-refractivity contribution in [2.75, 3.05) is 16.4 Å². The number of carbonyl (C=O) groups is 5. The van der Waals surface area contributed by atoms with E-state index in [9.17, 15) is 143 Å². The summed E-state index contributed by atoms with van der Waals surface area (Å²) in [7, 11) is 0. The molecule has 0 saturated heterocycles. The second kappa shape index (κ2) is 28.9. The van der Waals surface area contributed by atoms with Crippen LogP contribution >= 0.6 is 43.5 Å². The number of nitrogens with two attached hydrogens (primary N) is 1. The van der Waals surface area contributed by atoms with E-state index >= 15 is 4.39 Å². The number of hydrogen-bond acceptors (Lipinski definition) is 12. The van der Waals surface area contributed by atoms with Crippen LogP contribution in [0.2, 0.25) is 0 Å². The van der Waals surface area contributed by atoms with Crippen molar-refractivity contribution in [3.8, 4) is 34.5 Å². The number of anilines is 3. The summed E-state index contributed by atoms with van der Waals surface area (Å²) in [5.74, 6) is -9.89. The number of nitrogens with one attached hydrogen (secondary N) is 2. The van der Waals surface area contributed by atoms with Crippen molar-refractivity contribution in [1.82, 2.24) is 0 Å². The fourth-order valence-electron chi connectivity index (χ4n) is 8.82. The summed E-state index contributed by atoms with van der Waals surface area (Å²) >= 11 is 9.79. The molecule has 0 spiro atoms. The van der Waals surface area contributed by atoms with Gasteiger partial charge in [0.15, 0.2) is 46.1 Å². The highest BCUT2D eigenvalue weighted by Crippen LogP contribution is 2.58. The third-order valence-corrected chi connectivity index (χ3v) is 15.0. The van der Waals surface area contributed by atoms with Gasteiger partial charge in [-0.2, -0.15) is 79.0 Å². The molecule has 566 valence electrons. The van der Waals surface area contributed by atoms with Crippen LogP contribution < -0.4 is 44.8 Å². The first-order valence-corrected chi connectivity index (χ1v) is 28.8. The van der Waals surface area contributed by atoms with Gasteiger partial charge in [-0.15, -0.1) is 26.3 Å². The molecular weight excluding hydrogens is 1670 g/mol. The highest BCUT2D eigenvalue weighted by atomic mass is 79.9. The summed E-state index contributed by atoms with van der Waals surface area (Å²) in [4.78, 5) is 58.8. The molecule has 15 nitrogen and oxygen atoms in total. The zero-order valence-corrected chi connectivity index (χ0v) is 53.3. The Balaban J connectivity index is 0.000000219. The number of hydrogen-bond donors (Lipinski definition) is 4. The maximum atomic E-state index is 15.3. The average molecular weight is 1700 g/mol. The van der Waals surface area contributed by atoms with E-state index in [1.807, 2.05) is 0 Å². The van der Waals surface area contributed by atoms with E-state index in [-0.39, 0.29) is 51.8 Å². The number of ketones is 1. The molecule has 105 heavy (non-hydrogen) atoms. The van der Waals surface area contributed by atoms with Crippen molar-refractivity contribution in [3.05, 3.63) is 191 Å². The molecule has 5 N–H and O–H groups in total. The number of benzene rings is 7. The Morgan fingerprint density at radius 2 is 0.762 bits per heavy atom. The maximum Gasteiger partial charge on any atom is 0.586 e. The van der Waals surface area contributed by atoms with Crippen LogP contribution in [-0.2, 0) is 30.1 Å². The molecular formula is C59H26Br2ClF28N3O12. The Labute approximate surface area is 583 Å². The summed E-state index contributed by atoms with van der Waals surface area (Å²) in [6.07, 6.45) is -50.5. The Kier molecular flexibility index (Phi) is 22.7. The molecule has 0 aliphatic carbocycles. The van der Waals surface area contributed by atoms with Crippen molar-refractivity contribution in [3.63, 3.8) is 0 Å². The van der Waals surface area contributed by atoms with Gasteiger partial charge in [-0.3, -0.25) is 19.2 Å². The van der Waals surface area contributed by atoms with E-state index in [0.717, 1.165) is 78.9 Å². The van der Waals surface area contributed by atoms with Gasteiger partial charge in [-0.25, -0.2) is 22.4 Å². The number of fused-ring (bicyclic) bond motifs is 3. The zero-order valence-electron chi connectivity index (χ0n) is 49.4. The van der Waals surface area contributed by atoms with Gasteiger partial charge in [-0.1, -0.05) is 18.2 Å². The number of Topliss-reactive ketones (excluding diaryl/α,β-unsaturated/α-hetero) is 1. The molecule has 3 aliphatic rings. The van der Waals surface area contributed by atoms with E-state index in [1.165, 1.54) is 22.8 Å². The second-order valence-electron chi connectivity index (χ2n) is 20.6. The first-order chi connectivity index (χ1) is 47.7. The summed E-state index contributed by atoms with van der Waals surface area (Å²) in [6.45, 7) is 0. The van der Waals surface area contributed by atoms with E-state index in [4.69, 9.17) is 22.4 Å². The van der Waals surface area contributed by atoms with Gasteiger partial charge in [0.2, 0.25) is 0 Å². The monoisotopic (exact) mass is 1690 g/mol. The highest BCUT2D eigenvalue weighted by molar-refractivity contribution is 9.11. The van der Waals surface area contributed by atoms with Gasteiger partial charge >= 0.3 is 73.2 Å². The van der Waals surface area contributed by atoms with Crippen molar-refractivity contribution < 1.29 is 180 Å². The Morgan fingerprint density at radius 3 is 1.11 bits per heavy atom. The smallest absolute Gasteiger partial charge is 0.478 e. The van der Waals surface area contributed by atoms with Gasteiger partial charge in [0, 0.05) is 37.6 Å². The van der Waals surface area contributed by atoms with E-state index in [0.29, 0.717) is 0 Å². The molecule has 0 aromatic heterocycles. The van der Waals surface area contributed by atoms with Gasteiger partial charge in [0.25, 0.3) is 17.1 Å². The van der Waals surface area contributed by atoms with Gasteiger partial charge < -0.3 is 49.9 Å². The Morgan fingerprint density at radius 1 is 0.438 bits per heavy atom. The van der Waals surface area contributed by atoms with Crippen LogP contribution in [0.5, 0.6) is 34.5 Å². The van der Waals surface area contributed by atoms with Crippen LogP contribution in [0.15, 0.2) is 124 Å². The number of alkyl halides is 26. The molecule has 7 aromatic carbocycles. The minimum absolute atomic E-state index is 0.0757. The minimum atomic E-state index is -6.76. The number of aromatic carboxylic acids is 1. The number of carbonyl (C=O) groups excluding carboxylic acids is 4. The predicted octanol–water partition coefficient (Wildman–Crippen LogP) is 19.7. The van der Waals surface area contributed by atoms with Gasteiger partial charge in [0.1, 0.15) is 5.82 Å². The standard InChI is InChI=1S/C26H11BrF13NO4.C17H8BrF11N2O.C8H3ClF2O3.C8H4F2O4/c27-15-9-12(22(29,24(33,34)35)25(36,37)38)8-14(23(30,31)32)20(15)41-21(43)13-3-1-2-11(19(13)28)6-16(42)10-4-5-17-18(7-10)45-26(39,40)44-17;18-9-5-6(14(20,16(24,25)26)17(27,28)29)4-8(15(21,22)23)12(9)31-13(32)7-2-1-3-10(30)11(7)19;9-7(12)4-1-2-5-6(3-4)14-8(10,11)13-5;9-8(10)13-5-2-1-4(7(11)12)3-6(5)14-8/h1-5,7-9H,6H2,(H,41,43);1-5H,30H2,(H,31,32);1-3H;1-3H,(H,11,12). The lowest BCUT2D eigenvalue weighted by molar-refractivity contribution is -0.349. The summed E-state index contributed by atoms with van der Waals surface area (Å²) < 4.78 is 395. The number of halogens is 31. The largest absolute Gasteiger partial charge is 0.586 e. The lowest BCUT2D eigenvalue weighted by Gasteiger charge is -2.31. The molecule has 46 heteroatoms. The fraction of sp³-hybridized carbons (Fsp3) is 0.203. The van der Waals surface area contributed by atoms with Crippen molar-refractivity contribution in [1.29, 1.82) is 0 Å². The van der Waals surface area contributed by atoms with Gasteiger partial charge in [-0.05, 0) is 146 Å². The topological polar surface area (TPSA) is 211 Å². The summed E-state index contributed by atoms with van der Waals surface area (Å²) in [5.41, 5.74) is -22.9. The average Bonchev–Trinajstić information content (AvgIpc) is 1.45. The number of nitrogen functional groups attached to an aromatic ring is 1. The molecule has 0 unspecified atom stereocenters. The molecule has 3 aliphatic heterocycles. The Bertz CT molecular complexity index is 4480. The van der Waals surface area contributed by atoms with E-state index < -0.39 is 203 Å². The molecule has 0 atom stereocenters. The quantitative estimate of drug-likeness (QED) is 0.0411. The first-order valence-electron chi connectivity index (χ1n) is 26.8. The van der Waals surface area contributed by atoms with Crippen LogP contribution in [0.25, 0.3) is 0 Å². The molecule has 0 fully saturated rings. The van der Waals surface area contributed by atoms with E-state index in [2.05, 4.69) is 60.3 Å². The zero-order chi connectivity index (χ0) is 79.5. The molecule has 10 rings (SSSR count). The molecule has 7 aromatic rings. The normalized spacial score (nSPS) is 14.8. The molecule has 2 amide bonds. The van der Waals surface area contributed by atoms with Crippen LogP contribution in [0.3, 0.4) is 0 Å². The fourth-order valence-corrected chi connectivity index (χ4v) is 10.1. The van der Waals surface area contributed by atoms with Crippen molar-refractivity contribution in [2.24, 2.45) is 0 Å². The minimum Gasteiger partial charge on any atom is -0.478 e. The third kappa shape index (κ3) is 17.9. The number of ether oxygens (including phenoxy) is 6. The number of amides is 2. The molecule has 0 bridgehead atoms. The molecule has 3 heterocycles. The van der Waals surface area contributed by atoms with Crippen molar-refractivity contribution >= 4 is 89.3 Å². The van der Waals surface area contributed by atoms with Crippen LogP contribution in [-0.4, -0.2) is 77.5 Å². The van der Waals surface area contributed by atoms with Crippen molar-refractivity contribution in [2.45, 2.75) is 73.7 Å². The molecule has 0 saturated carbocycles. The SMILES string of the molecule is Nc1cccc(C(=O)Nc2c(Br)cc(C(F)(C(F)(F)F)C(F)(F)F)cc2C(F)(F)F)c1F.O=C(Cc1cccc(C(=O)Nc2c(Br)cc(C(F)(C(F)(F)F)C(F)(F)F)cc2C(F)(F)F)c1F)c1ccc2c(c1)OC(F)(F)O2.O=C(Cl)c1ccc2c(c1)OC(F)(F)O2.O=C(O)c1ccc2c(c1)OC(F)(F)O2. The summed E-state index contributed by atoms with van der Waals surface area (Å²) in [5, 5.41) is 10.9. The van der Waals surface area contributed by atoms with Crippen LogP contribution in [0, 0.1) is 11.6 Å². The predicted molar refractivity (Wildman–Crippen MR) is 304 cm³/mol. The first kappa shape index (κ1) is 82.5. The number of carboxylic acid groups (broad SMARTS) is 1. The lowest BCUT2D eigenvalue weighted by Crippen LogP contribution is -2.50. The number of carboxylic acids is 1. The number of rotatable bonds is 11. The molecule has 0 radical (unpaired) electrons. The van der Waals surface area contributed by atoms with Gasteiger partial charge in [0.05, 0.1) is 44.9 Å². The van der Waals surface area contributed by atoms with Crippen LogP contribution in [0.1, 0.15) is 79.6 Å².